The van der Waals surface area contributed by atoms with Crippen LogP contribution in [0, 0.1) is 0 Å². The Kier molecular flexibility index (Phi) is 8.48. The number of hydrogen-bond donors (Lipinski definition) is 1. The summed E-state index contributed by atoms with van der Waals surface area (Å²) in [6.45, 7) is 7.82. The zero-order valence-electron chi connectivity index (χ0n) is 11.8. The minimum atomic E-state index is -0.418. The number of ether oxygens (including phenoxy) is 1. The number of carbonyl (C=O) groups excluding carboxylic acids is 1. The van der Waals surface area contributed by atoms with Gasteiger partial charge in [0, 0.05) is 6.04 Å². The molecule has 0 aliphatic rings. The number of amides is 1. The van der Waals surface area contributed by atoms with Crippen LogP contribution in [-0.2, 0) is 4.74 Å². The standard InChI is InChI=1S/C13H27NO2S/c1-6-7-8-11(9-10-17-5)14-12(15)16-13(2,3)4/h11H,6-10H2,1-5H3,(H,14,15). The van der Waals surface area contributed by atoms with Gasteiger partial charge in [0.1, 0.15) is 5.60 Å². The summed E-state index contributed by atoms with van der Waals surface area (Å²) >= 11 is 1.81. The van der Waals surface area contributed by atoms with E-state index in [-0.39, 0.29) is 12.1 Å². The molecule has 1 atom stereocenters. The van der Waals surface area contributed by atoms with Crippen LogP contribution in [0.25, 0.3) is 0 Å². The summed E-state index contributed by atoms with van der Waals surface area (Å²) < 4.78 is 5.27. The summed E-state index contributed by atoms with van der Waals surface area (Å²) in [4.78, 5) is 11.7. The predicted octanol–water partition coefficient (Wildman–Crippen LogP) is 3.82. The lowest BCUT2D eigenvalue weighted by atomic mass is 10.1. The van der Waals surface area contributed by atoms with E-state index in [0.717, 1.165) is 31.4 Å². The van der Waals surface area contributed by atoms with Gasteiger partial charge in [-0.3, -0.25) is 0 Å². The van der Waals surface area contributed by atoms with Gasteiger partial charge in [0.15, 0.2) is 0 Å². The van der Waals surface area contributed by atoms with Crippen molar-refractivity contribution in [2.75, 3.05) is 12.0 Å². The topological polar surface area (TPSA) is 38.3 Å². The largest absolute Gasteiger partial charge is 0.444 e. The van der Waals surface area contributed by atoms with Crippen molar-refractivity contribution in [1.29, 1.82) is 0 Å². The third kappa shape index (κ3) is 10.5. The number of thioether (sulfide) groups is 1. The molecular formula is C13H27NO2S. The van der Waals surface area contributed by atoms with E-state index in [1.165, 1.54) is 0 Å². The van der Waals surface area contributed by atoms with Crippen LogP contribution >= 0.6 is 11.8 Å². The molecule has 1 amide bonds. The zero-order valence-corrected chi connectivity index (χ0v) is 12.7. The second kappa shape index (κ2) is 8.67. The maximum atomic E-state index is 11.7. The van der Waals surface area contributed by atoms with E-state index < -0.39 is 5.60 Å². The molecule has 1 N–H and O–H groups in total. The summed E-state index contributed by atoms with van der Waals surface area (Å²) in [5.41, 5.74) is -0.418. The van der Waals surface area contributed by atoms with Crippen LogP contribution in [0.15, 0.2) is 0 Å². The average molecular weight is 261 g/mol. The molecule has 0 saturated heterocycles. The average Bonchev–Trinajstić information content (AvgIpc) is 2.19. The minimum Gasteiger partial charge on any atom is -0.444 e. The maximum absolute atomic E-state index is 11.7. The second-order valence-corrected chi connectivity index (χ2v) is 6.25. The Morgan fingerprint density at radius 1 is 1.35 bits per heavy atom. The zero-order chi connectivity index (χ0) is 13.3. The Hall–Kier alpha value is -0.380. The third-order valence-electron chi connectivity index (χ3n) is 2.30. The lowest BCUT2D eigenvalue weighted by Crippen LogP contribution is -2.39. The van der Waals surface area contributed by atoms with E-state index in [2.05, 4.69) is 18.5 Å². The number of rotatable bonds is 7. The summed E-state index contributed by atoms with van der Waals surface area (Å²) in [5.74, 6) is 1.07. The molecule has 0 saturated carbocycles. The highest BCUT2D eigenvalue weighted by Crippen LogP contribution is 2.11. The van der Waals surface area contributed by atoms with Crippen molar-refractivity contribution >= 4 is 17.9 Å². The second-order valence-electron chi connectivity index (χ2n) is 5.27. The maximum Gasteiger partial charge on any atom is 0.407 e. The number of nitrogens with one attached hydrogen (secondary N) is 1. The first kappa shape index (κ1) is 16.6. The van der Waals surface area contributed by atoms with Gasteiger partial charge < -0.3 is 10.1 Å². The van der Waals surface area contributed by atoms with E-state index in [0.29, 0.717) is 0 Å². The lowest BCUT2D eigenvalue weighted by Gasteiger charge is -2.23. The van der Waals surface area contributed by atoms with Gasteiger partial charge in [-0.25, -0.2) is 4.79 Å². The lowest BCUT2D eigenvalue weighted by molar-refractivity contribution is 0.0500. The monoisotopic (exact) mass is 261 g/mol. The van der Waals surface area contributed by atoms with Gasteiger partial charge in [-0.15, -0.1) is 0 Å². The van der Waals surface area contributed by atoms with Gasteiger partial charge in [-0.1, -0.05) is 19.8 Å². The number of unbranched alkanes of at least 4 members (excludes halogenated alkanes) is 1. The normalized spacial score (nSPS) is 13.2. The van der Waals surface area contributed by atoms with Crippen LogP contribution in [0.1, 0.15) is 53.4 Å². The summed E-state index contributed by atoms with van der Waals surface area (Å²) in [6, 6.07) is 0.247. The molecular weight excluding hydrogens is 234 g/mol. The van der Waals surface area contributed by atoms with Gasteiger partial charge in [0.25, 0.3) is 0 Å². The number of carbonyl (C=O) groups is 1. The first-order chi connectivity index (χ1) is 7.89. The van der Waals surface area contributed by atoms with E-state index in [9.17, 15) is 4.79 Å². The molecule has 102 valence electrons. The molecule has 0 spiro atoms. The van der Waals surface area contributed by atoms with Gasteiger partial charge in [-0.2, -0.15) is 11.8 Å². The van der Waals surface area contributed by atoms with E-state index in [1.807, 2.05) is 32.5 Å². The van der Waals surface area contributed by atoms with E-state index in [1.54, 1.807) is 0 Å². The van der Waals surface area contributed by atoms with Crippen LogP contribution in [-0.4, -0.2) is 29.7 Å². The predicted molar refractivity (Wildman–Crippen MR) is 75.7 cm³/mol. The summed E-state index contributed by atoms with van der Waals surface area (Å²) in [6.07, 6.45) is 6.15. The van der Waals surface area contributed by atoms with Crippen LogP contribution in [0.3, 0.4) is 0 Å². The molecule has 0 aromatic rings. The first-order valence-electron chi connectivity index (χ1n) is 6.37. The molecule has 0 fully saturated rings. The number of alkyl carbamates (subject to hydrolysis) is 1. The van der Waals surface area contributed by atoms with Gasteiger partial charge >= 0.3 is 6.09 Å². The fourth-order valence-electron chi connectivity index (χ4n) is 1.47. The fourth-order valence-corrected chi connectivity index (χ4v) is 1.99. The molecule has 0 radical (unpaired) electrons. The van der Waals surface area contributed by atoms with Crippen LogP contribution < -0.4 is 5.32 Å². The van der Waals surface area contributed by atoms with Crippen LogP contribution in [0.4, 0.5) is 4.79 Å². The van der Waals surface area contributed by atoms with E-state index >= 15 is 0 Å². The van der Waals surface area contributed by atoms with Gasteiger partial charge in [0.2, 0.25) is 0 Å². The molecule has 4 heteroatoms. The van der Waals surface area contributed by atoms with Crippen molar-refractivity contribution in [2.45, 2.75) is 65.0 Å². The Balaban J connectivity index is 4.07. The molecule has 3 nitrogen and oxygen atoms in total. The van der Waals surface area contributed by atoms with Crippen LogP contribution in [0.2, 0.25) is 0 Å². The van der Waals surface area contributed by atoms with Gasteiger partial charge in [-0.05, 0) is 45.6 Å². The van der Waals surface area contributed by atoms with Gasteiger partial charge in [0.05, 0.1) is 0 Å². The first-order valence-corrected chi connectivity index (χ1v) is 7.77. The van der Waals surface area contributed by atoms with Crippen LogP contribution in [0.5, 0.6) is 0 Å². The fraction of sp³-hybridized carbons (Fsp3) is 0.923. The van der Waals surface area contributed by atoms with Crippen molar-refractivity contribution < 1.29 is 9.53 Å². The Labute approximate surface area is 110 Å². The smallest absolute Gasteiger partial charge is 0.407 e. The highest BCUT2D eigenvalue weighted by atomic mass is 32.2. The van der Waals surface area contributed by atoms with Crippen molar-refractivity contribution in [1.82, 2.24) is 5.32 Å². The summed E-state index contributed by atoms with van der Waals surface area (Å²) in [5, 5.41) is 2.97. The van der Waals surface area contributed by atoms with Crippen molar-refractivity contribution in [3.05, 3.63) is 0 Å². The third-order valence-corrected chi connectivity index (χ3v) is 2.94. The molecule has 0 aromatic heterocycles. The molecule has 0 heterocycles. The minimum absolute atomic E-state index is 0.247. The Bertz CT molecular complexity index is 206. The Morgan fingerprint density at radius 2 is 2.00 bits per heavy atom. The van der Waals surface area contributed by atoms with Crippen molar-refractivity contribution in [2.24, 2.45) is 0 Å². The molecule has 0 rings (SSSR count). The molecule has 0 aromatic carbocycles. The Morgan fingerprint density at radius 3 is 2.47 bits per heavy atom. The molecule has 0 bridgehead atoms. The number of hydrogen-bond acceptors (Lipinski definition) is 3. The highest BCUT2D eigenvalue weighted by Gasteiger charge is 2.18. The van der Waals surface area contributed by atoms with Crippen molar-refractivity contribution in [3.8, 4) is 0 Å². The highest BCUT2D eigenvalue weighted by molar-refractivity contribution is 7.98. The summed E-state index contributed by atoms with van der Waals surface area (Å²) in [7, 11) is 0. The molecule has 0 aliphatic heterocycles. The molecule has 0 aliphatic carbocycles. The van der Waals surface area contributed by atoms with E-state index in [4.69, 9.17) is 4.74 Å². The molecule has 17 heavy (non-hydrogen) atoms. The SMILES string of the molecule is CCCCC(CCSC)NC(=O)OC(C)(C)C. The quantitative estimate of drug-likeness (QED) is 0.757. The van der Waals surface area contributed by atoms with Crippen molar-refractivity contribution in [3.63, 3.8) is 0 Å². The molecule has 1 unspecified atom stereocenters.